The quantitative estimate of drug-likeness (QED) is 0.233. The summed E-state index contributed by atoms with van der Waals surface area (Å²) in [5.41, 5.74) is 1.20. The molecular formula is C28H16O5. The van der Waals surface area contributed by atoms with E-state index in [1.807, 2.05) is 48.5 Å². The van der Waals surface area contributed by atoms with Crippen molar-refractivity contribution in [3.8, 4) is 23.0 Å². The van der Waals surface area contributed by atoms with Gasteiger partial charge in [-0.15, -0.1) is 0 Å². The molecule has 0 fully saturated rings. The first-order valence-corrected chi connectivity index (χ1v) is 10.6. The van der Waals surface area contributed by atoms with Crippen molar-refractivity contribution in [2.24, 2.45) is 0 Å². The summed E-state index contributed by atoms with van der Waals surface area (Å²) in [5, 5.41) is 24.0. The summed E-state index contributed by atoms with van der Waals surface area (Å²) in [7, 11) is 0. The Kier molecular flexibility index (Phi) is 3.32. The van der Waals surface area contributed by atoms with E-state index in [9.17, 15) is 15.0 Å². The third-order valence-corrected chi connectivity index (χ3v) is 6.64. The van der Waals surface area contributed by atoms with Gasteiger partial charge in [-0.3, -0.25) is 0 Å². The van der Waals surface area contributed by atoms with Crippen LogP contribution in [0, 0.1) is 0 Å². The molecule has 2 heterocycles. The molecule has 0 saturated heterocycles. The largest absolute Gasteiger partial charge is 0.508 e. The number of phenols is 2. The van der Waals surface area contributed by atoms with Gasteiger partial charge < -0.3 is 19.7 Å². The van der Waals surface area contributed by atoms with E-state index in [-0.39, 0.29) is 11.5 Å². The zero-order chi connectivity index (χ0) is 22.3. The van der Waals surface area contributed by atoms with E-state index < -0.39 is 11.6 Å². The maximum absolute atomic E-state index is 13.6. The van der Waals surface area contributed by atoms with Gasteiger partial charge in [-0.2, -0.15) is 0 Å². The van der Waals surface area contributed by atoms with Crippen LogP contribution in [-0.4, -0.2) is 16.2 Å². The maximum atomic E-state index is 13.6. The van der Waals surface area contributed by atoms with E-state index >= 15 is 0 Å². The summed E-state index contributed by atoms with van der Waals surface area (Å²) in [6.45, 7) is 0. The number of ether oxygens (including phenoxy) is 2. The van der Waals surface area contributed by atoms with Crippen molar-refractivity contribution in [3.05, 3.63) is 107 Å². The topological polar surface area (TPSA) is 76.0 Å². The minimum atomic E-state index is -1.29. The summed E-state index contributed by atoms with van der Waals surface area (Å²) in [5.74, 6) is 0.365. The minimum Gasteiger partial charge on any atom is -0.508 e. The average molecular weight is 432 g/mol. The molecule has 7 rings (SSSR count). The summed E-state index contributed by atoms with van der Waals surface area (Å²) >= 11 is 0. The highest BCUT2D eigenvalue weighted by atomic mass is 16.6. The van der Waals surface area contributed by atoms with Crippen molar-refractivity contribution in [1.82, 2.24) is 0 Å². The number of fused-ring (bicyclic) bond motifs is 11. The first-order chi connectivity index (χ1) is 16.1. The second-order valence-electron chi connectivity index (χ2n) is 8.37. The van der Waals surface area contributed by atoms with E-state index in [0.29, 0.717) is 28.2 Å². The molecule has 5 nitrogen and oxygen atoms in total. The molecule has 1 spiro atoms. The SMILES string of the molecule is O=C1OC2(c3ccc(O)cc3Oc3cc(O)ccc32)c2c1c1ccccc1c1ccccc21. The van der Waals surface area contributed by atoms with Crippen molar-refractivity contribution in [2.45, 2.75) is 5.60 Å². The van der Waals surface area contributed by atoms with Gasteiger partial charge in [0.1, 0.15) is 23.0 Å². The van der Waals surface area contributed by atoms with Crippen molar-refractivity contribution < 1.29 is 24.5 Å². The second kappa shape index (κ2) is 6.04. The van der Waals surface area contributed by atoms with Crippen molar-refractivity contribution in [3.63, 3.8) is 0 Å². The minimum absolute atomic E-state index is 0.0282. The lowest BCUT2D eigenvalue weighted by molar-refractivity contribution is 0.0228. The molecule has 0 saturated carbocycles. The van der Waals surface area contributed by atoms with Crippen LogP contribution in [-0.2, 0) is 10.3 Å². The molecule has 5 heteroatoms. The Bertz CT molecular complexity index is 1620. The Morgan fingerprint density at radius 1 is 0.636 bits per heavy atom. The van der Waals surface area contributed by atoms with Crippen LogP contribution in [0.3, 0.4) is 0 Å². The lowest BCUT2D eigenvalue weighted by Gasteiger charge is -2.37. The third kappa shape index (κ3) is 2.18. The molecule has 2 aliphatic rings. The Labute approximate surface area is 188 Å². The van der Waals surface area contributed by atoms with Gasteiger partial charge in [0.05, 0.1) is 5.56 Å². The van der Waals surface area contributed by atoms with Crippen LogP contribution in [0.2, 0.25) is 0 Å². The molecule has 33 heavy (non-hydrogen) atoms. The molecule has 5 aromatic rings. The number of rotatable bonds is 0. The summed E-state index contributed by atoms with van der Waals surface area (Å²) in [6.07, 6.45) is 0. The molecule has 0 aromatic heterocycles. The Balaban J connectivity index is 1.73. The molecule has 0 atom stereocenters. The van der Waals surface area contributed by atoms with Gasteiger partial charge in [0.25, 0.3) is 0 Å². The number of aromatic hydroxyl groups is 2. The number of esters is 1. The summed E-state index contributed by atoms with van der Waals surface area (Å²) < 4.78 is 12.4. The molecule has 0 bridgehead atoms. The fourth-order valence-corrected chi connectivity index (χ4v) is 5.38. The first kappa shape index (κ1) is 18.1. The standard InChI is InChI=1S/C28H16O5/c29-15-9-11-21-23(13-15)32-24-14-16(30)10-12-22(24)28(21)26-20-8-4-2-6-18(20)17-5-1-3-7-19(17)25(26)27(31)33-28/h1-14,29-30H. The highest BCUT2D eigenvalue weighted by Gasteiger charge is 2.55. The van der Waals surface area contributed by atoms with E-state index in [2.05, 4.69) is 0 Å². The molecule has 0 unspecified atom stereocenters. The summed E-state index contributed by atoms with van der Waals surface area (Å²) in [6, 6.07) is 25.4. The van der Waals surface area contributed by atoms with Crippen molar-refractivity contribution in [2.75, 3.05) is 0 Å². The summed E-state index contributed by atoms with van der Waals surface area (Å²) in [4.78, 5) is 13.6. The molecular weight excluding hydrogens is 416 g/mol. The monoisotopic (exact) mass is 432 g/mol. The fraction of sp³-hybridized carbons (Fsp3) is 0.0357. The lowest BCUT2D eigenvalue weighted by Crippen LogP contribution is -2.33. The van der Waals surface area contributed by atoms with Gasteiger partial charge >= 0.3 is 5.97 Å². The maximum Gasteiger partial charge on any atom is 0.340 e. The number of hydrogen-bond acceptors (Lipinski definition) is 5. The van der Waals surface area contributed by atoms with Gasteiger partial charge in [0.15, 0.2) is 5.60 Å². The molecule has 0 aliphatic carbocycles. The smallest absolute Gasteiger partial charge is 0.340 e. The van der Waals surface area contributed by atoms with Gasteiger partial charge in [-0.1, -0.05) is 48.5 Å². The predicted octanol–water partition coefficient (Wildman–Crippen LogP) is 5.97. The van der Waals surface area contributed by atoms with Crippen LogP contribution in [0.15, 0.2) is 84.9 Å². The molecule has 5 aromatic carbocycles. The highest BCUT2D eigenvalue weighted by molar-refractivity contribution is 6.20. The third-order valence-electron chi connectivity index (χ3n) is 6.64. The molecule has 0 amide bonds. The Morgan fingerprint density at radius 2 is 1.15 bits per heavy atom. The van der Waals surface area contributed by atoms with Gasteiger partial charge in [-0.25, -0.2) is 4.79 Å². The van der Waals surface area contributed by atoms with E-state index in [1.165, 1.54) is 12.1 Å². The number of benzene rings is 5. The first-order valence-electron chi connectivity index (χ1n) is 10.6. The van der Waals surface area contributed by atoms with Gasteiger partial charge in [0.2, 0.25) is 0 Å². The fourth-order valence-electron chi connectivity index (χ4n) is 5.38. The van der Waals surface area contributed by atoms with Crippen LogP contribution in [0.1, 0.15) is 27.0 Å². The lowest BCUT2D eigenvalue weighted by atomic mass is 9.75. The van der Waals surface area contributed by atoms with Gasteiger partial charge in [0, 0.05) is 28.8 Å². The van der Waals surface area contributed by atoms with Crippen LogP contribution in [0.4, 0.5) is 0 Å². The Morgan fingerprint density at radius 3 is 1.76 bits per heavy atom. The molecule has 2 aliphatic heterocycles. The zero-order valence-corrected chi connectivity index (χ0v) is 17.2. The van der Waals surface area contributed by atoms with Crippen LogP contribution >= 0.6 is 0 Å². The molecule has 2 N–H and O–H groups in total. The number of phenolic OH excluding ortho intramolecular Hbond substituents is 2. The van der Waals surface area contributed by atoms with Crippen molar-refractivity contribution >= 4 is 27.5 Å². The highest BCUT2D eigenvalue weighted by Crippen LogP contribution is 2.59. The second-order valence-corrected chi connectivity index (χ2v) is 8.37. The molecule has 158 valence electrons. The Hall–Kier alpha value is -4.51. The number of carbonyl (C=O) groups is 1. The predicted molar refractivity (Wildman–Crippen MR) is 123 cm³/mol. The van der Waals surface area contributed by atoms with E-state index in [1.54, 1.807) is 24.3 Å². The van der Waals surface area contributed by atoms with Crippen LogP contribution in [0.25, 0.3) is 21.5 Å². The van der Waals surface area contributed by atoms with E-state index in [4.69, 9.17) is 9.47 Å². The van der Waals surface area contributed by atoms with Crippen LogP contribution < -0.4 is 4.74 Å². The normalized spacial score (nSPS) is 15.1. The van der Waals surface area contributed by atoms with Gasteiger partial charge in [-0.05, 0) is 45.8 Å². The molecule has 0 radical (unpaired) electrons. The van der Waals surface area contributed by atoms with Crippen molar-refractivity contribution in [1.29, 1.82) is 0 Å². The van der Waals surface area contributed by atoms with Crippen LogP contribution in [0.5, 0.6) is 23.0 Å². The average Bonchev–Trinajstić information content (AvgIpc) is 3.12. The number of carbonyl (C=O) groups excluding carboxylic acids is 1. The van der Waals surface area contributed by atoms with E-state index in [0.717, 1.165) is 27.1 Å². The number of hydrogen-bond donors (Lipinski definition) is 2. The zero-order valence-electron chi connectivity index (χ0n) is 17.2.